The van der Waals surface area contributed by atoms with Crippen LogP contribution in [-0.4, -0.2) is 48.0 Å². The molecule has 1 amide bonds. The van der Waals surface area contributed by atoms with Crippen molar-refractivity contribution in [2.24, 2.45) is 0 Å². The second-order valence-corrected chi connectivity index (χ2v) is 10.2. The number of nitrogens with zero attached hydrogens (tertiary/aromatic N) is 4. The molecule has 0 unspecified atom stereocenters. The van der Waals surface area contributed by atoms with E-state index < -0.39 is 0 Å². The van der Waals surface area contributed by atoms with Gasteiger partial charge in [0.1, 0.15) is 5.82 Å². The van der Waals surface area contributed by atoms with Gasteiger partial charge in [-0.1, -0.05) is 48.5 Å². The Morgan fingerprint density at radius 1 is 1.03 bits per heavy atom. The minimum absolute atomic E-state index is 0.0715. The molecule has 3 heterocycles. The van der Waals surface area contributed by atoms with E-state index in [9.17, 15) is 4.79 Å². The summed E-state index contributed by atoms with van der Waals surface area (Å²) in [6, 6.07) is 24.4. The van der Waals surface area contributed by atoms with E-state index in [2.05, 4.69) is 56.7 Å². The molecular weight excluding hydrogens is 484 g/mol. The normalized spacial score (nSPS) is 13.1. The van der Waals surface area contributed by atoms with Gasteiger partial charge in [-0.25, -0.2) is 4.98 Å². The smallest absolute Gasteiger partial charge is 0.252 e. The van der Waals surface area contributed by atoms with Crippen LogP contribution in [0.15, 0.2) is 85.2 Å². The van der Waals surface area contributed by atoms with Crippen LogP contribution in [0.1, 0.15) is 45.6 Å². The molecule has 0 aliphatic carbocycles. The molecule has 39 heavy (non-hydrogen) atoms. The van der Waals surface area contributed by atoms with Crippen molar-refractivity contribution in [2.75, 3.05) is 32.1 Å². The maximum atomic E-state index is 13.6. The van der Waals surface area contributed by atoms with E-state index in [-0.39, 0.29) is 11.9 Å². The Balaban J connectivity index is 1.45. The molecule has 2 aromatic heterocycles. The number of fused-ring (bicyclic) bond motifs is 1. The van der Waals surface area contributed by atoms with Gasteiger partial charge in [-0.3, -0.25) is 9.78 Å². The summed E-state index contributed by atoms with van der Waals surface area (Å²) in [6.45, 7) is 6.18. The number of nitrogens with one attached hydrogen (secondary N) is 2. The van der Waals surface area contributed by atoms with Crippen molar-refractivity contribution in [3.63, 3.8) is 0 Å². The third-order valence-electron chi connectivity index (χ3n) is 7.18. The lowest BCUT2D eigenvalue weighted by atomic mass is 9.96. The van der Waals surface area contributed by atoms with Crippen molar-refractivity contribution in [3.05, 3.63) is 113 Å². The second-order valence-electron chi connectivity index (χ2n) is 10.2. The molecule has 0 saturated heterocycles. The number of likely N-dealkylation sites (N-methyl/N-ethyl adjacent to an activating group) is 2. The molecule has 5 rings (SSSR count). The summed E-state index contributed by atoms with van der Waals surface area (Å²) in [5, 5.41) is 6.41. The molecule has 4 aromatic rings. The first-order valence-electron chi connectivity index (χ1n) is 13.5. The number of aromatic nitrogens is 2. The van der Waals surface area contributed by atoms with Crippen molar-refractivity contribution in [2.45, 2.75) is 32.6 Å². The summed E-state index contributed by atoms with van der Waals surface area (Å²) in [5.41, 5.74) is 6.97. The summed E-state index contributed by atoms with van der Waals surface area (Å²) in [6.07, 6.45) is 3.62. The van der Waals surface area contributed by atoms with Crippen molar-refractivity contribution in [1.82, 2.24) is 25.5 Å². The van der Waals surface area contributed by atoms with Gasteiger partial charge in [0.05, 0.1) is 17.3 Å². The van der Waals surface area contributed by atoms with E-state index in [4.69, 9.17) is 4.98 Å². The van der Waals surface area contributed by atoms with E-state index in [1.54, 1.807) is 0 Å². The highest BCUT2D eigenvalue weighted by Crippen LogP contribution is 2.38. The molecule has 1 atom stereocenters. The lowest BCUT2D eigenvalue weighted by Gasteiger charge is -2.36. The Morgan fingerprint density at radius 3 is 2.59 bits per heavy atom. The molecular formula is C32H36N6O. The number of benzene rings is 2. The predicted octanol–water partition coefficient (Wildman–Crippen LogP) is 4.81. The van der Waals surface area contributed by atoms with Gasteiger partial charge in [-0.15, -0.1) is 0 Å². The van der Waals surface area contributed by atoms with Gasteiger partial charge in [0.2, 0.25) is 0 Å². The van der Waals surface area contributed by atoms with Crippen LogP contribution in [0.3, 0.4) is 0 Å². The second kappa shape index (κ2) is 12.2. The van der Waals surface area contributed by atoms with Crippen LogP contribution in [-0.2, 0) is 19.6 Å². The number of hydrogen-bond acceptors (Lipinski definition) is 6. The van der Waals surface area contributed by atoms with Crippen molar-refractivity contribution < 1.29 is 4.79 Å². The highest BCUT2D eigenvalue weighted by molar-refractivity contribution is 5.99. The van der Waals surface area contributed by atoms with E-state index in [1.165, 1.54) is 5.56 Å². The monoisotopic (exact) mass is 520 g/mol. The number of carbonyl (C=O) groups is 1. The first-order chi connectivity index (χ1) is 19.0. The first kappa shape index (κ1) is 26.5. The maximum Gasteiger partial charge on any atom is 0.252 e. The molecule has 0 fully saturated rings. The van der Waals surface area contributed by atoms with Crippen molar-refractivity contribution in [3.8, 4) is 11.3 Å². The highest BCUT2D eigenvalue weighted by Gasteiger charge is 2.31. The Kier molecular flexibility index (Phi) is 8.30. The molecule has 0 spiro atoms. The number of pyridine rings is 2. The van der Waals surface area contributed by atoms with Gasteiger partial charge in [0.15, 0.2) is 0 Å². The average molecular weight is 521 g/mol. The minimum atomic E-state index is -0.101. The zero-order valence-electron chi connectivity index (χ0n) is 22.9. The molecule has 0 bridgehead atoms. The molecule has 2 N–H and O–H groups in total. The number of amides is 1. The Labute approximate surface area is 230 Å². The van der Waals surface area contributed by atoms with Gasteiger partial charge in [0, 0.05) is 56.2 Å². The largest absolute Gasteiger partial charge is 0.347 e. The van der Waals surface area contributed by atoms with Crippen LogP contribution >= 0.6 is 0 Å². The topological polar surface area (TPSA) is 73.4 Å². The van der Waals surface area contributed by atoms with Gasteiger partial charge < -0.3 is 20.4 Å². The fraction of sp³-hybridized carbons (Fsp3) is 0.281. The van der Waals surface area contributed by atoms with E-state index in [0.717, 1.165) is 59.9 Å². The standard InChI is InChI=1S/C32H36N6O/c1-23(26-9-5-4-6-10-26)35-32(39)28-19-30(27-11-7-8-25(18-27)20-37(3)17-16-33-2)36-31-29(28)22-38(31)21-24-12-14-34-15-13-24/h4-15,18-19,23,33H,16-17,20-22H2,1-3H3,(H,35,39)/t23-/m0/s1. The third kappa shape index (κ3) is 6.33. The van der Waals surface area contributed by atoms with Gasteiger partial charge in [0.25, 0.3) is 5.91 Å². The molecule has 0 radical (unpaired) electrons. The third-order valence-corrected chi connectivity index (χ3v) is 7.18. The fourth-order valence-electron chi connectivity index (χ4n) is 4.96. The first-order valence-corrected chi connectivity index (χ1v) is 13.5. The zero-order chi connectivity index (χ0) is 27.2. The van der Waals surface area contributed by atoms with E-state index in [0.29, 0.717) is 12.1 Å². The Morgan fingerprint density at radius 2 is 1.82 bits per heavy atom. The predicted molar refractivity (Wildman–Crippen MR) is 156 cm³/mol. The molecule has 200 valence electrons. The SMILES string of the molecule is CNCCN(C)Cc1cccc(-c2cc(C(=O)N[C@@H](C)c3ccccc3)c3c(n2)N(Cc2ccncc2)C3)c1. The Hall–Kier alpha value is -4.07. The number of rotatable bonds is 11. The fourth-order valence-corrected chi connectivity index (χ4v) is 4.96. The summed E-state index contributed by atoms with van der Waals surface area (Å²) in [7, 11) is 4.10. The van der Waals surface area contributed by atoms with Crippen LogP contribution in [0.2, 0.25) is 0 Å². The van der Waals surface area contributed by atoms with Crippen LogP contribution in [0.4, 0.5) is 5.82 Å². The molecule has 7 heteroatoms. The summed E-state index contributed by atoms with van der Waals surface area (Å²) in [5.74, 6) is 0.802. The quantitative estimate of drug-likeness (QED) is 0.296. The van der Waals surface area contributed by atoms with E-state index >= 15 is 0 Å². The molecule has 1 aliphatic heterocycles. The number of anilines is 1. The molecule has 2 aromatic carbocycles. The van der Waals surface area contributed by atoms with Crippen LogP contribution in [0, 0.1) is 0 Å². The molecule has 7 nitrogen and oxygen atoms in total. The van der Waals surface area contributed by atoms with Crippen LogP contribution in [0.25, 0.3) is 11.3 Å². The van der Waals surface area contributed by atoms with Crippen molar-refractivity contribution >= 4 is 11.7 Å². The number of carbonyl (C=O) groups excluding carboxylic acids is 1. The lowest BCUT2D eigenvalue weighted by molar-refractivity contribution is 0.0938. The average Bonchev–Trinajstić information content (AvgIpc) is 2.95. The van der Waals surface area contributed by atoms with Crippen LogP contribution < -0.4 is 15.5 Å². The molecule has 0 saturated carbocycles. The van der Waals surface area contributed by atoms with Gasteiger partial charge in [-0.2, -0.15) is 0 Å². The lowest BCUT2D eigenvalue weighted by Crippen LogP contribution is -2.37. The van der Waals surface area contributed by atoms with Gasteiger partial charge >= 0.3 is 0 Å². The molecule has 1 aliphatic rings. The van der Waals surface area contributed by atoms with Crippen molar-refractivity contribution in [1.29, 1.82) is 0 Å². The van der Waals surface area contributed by atoms with Gasteiger partial charge in [-0.05, 0) is 62.0 Å². The summed E-state index contributed by atoms with van der Waals surface area (Å²) >= 11 is 0. The minimum Gasteiger partial charge on any atom is -0.347 e. The van der Waals surface area contributed by atoms with Crippen LogP contribution in [0.5, 0.6) is 0 Å². The summed E-state index contributed by atoms with van der Waals surface area (Å²) < 4.78 is 0. The maximum absolute atomic E-state index is 13.6. The highest BCUT2D eigenvalue weighted by atomic mass is 16.1. The Bertz CT molecular complexity index is 1410. The zero-order valence-corrected chi connectivity index (χ0v) is 22.9. The number of hydrogen-bond donors (Lipinski definition) is 2. The van der Waals surface area contributed by atoms with E-state index in [1.807, 2.05) is 74.9 Å². The summed E-state index contributed by atoms with van der Waals surface area (Å²) in [4.78, 5) is 27.3.